The number of para-hydroxylation sites is 1. The number of carbonyl (C=O) groups is 1. The van der Waals surface area contributed by atoms with Crippen molar-refractivity contribution in [2.75, 3.05) is 24.5 Å². The second kappa shape index (κ2) is 6.89. The average molecular weight is 316 g/mol. The lowest BCUT2D eigenvalue weighted by atomic mass is 10.0. The van der Waals surface area contributed by atoms with Gasteiger partial charge in [-0.05, 0) is 19.1 Å². The fourth-order valence-corrected chi connectivity index (χ4v) is 2.54. The van der Waals surface area contributed by atoms with Crippen molar-refractivity contribution < 1.29 is 22.7 Å². The molecule has 1 aromatic rings. The van der Waals surface area contributed by atoms with E-state index < -0.39 is 17.8 Å². The number of alkyl halides is 3. The van der Waals surface area contributed by atoms with Crippen molar-refractivity contribution in [2.24, 2.45) is 0 Å². The summed E-state index contributed by atoms with van der Waals surface area (Å²) in [6.45, 7) is 3.13. The summed E-state index contributed by atoms with van der Waals surface area (Å²) in [4.78, 5) is 13.0. The number of alkyl carbamates (subject to hydrolysis) is 1. The van der Waals surface area contributed by atoms with Crippen LogP contribution in [0.4, 0.5) is 23.7 Å². The second-order valence-electron chi connectivity index (χ2n) is 5.14. The Morgan fingerprint density at radius 2 is 1.95 bits per heavy atom. The largest absolute Gasteiger partial charge is 0.446 e. The summed E-state index contributed by atoms with van der Waals surface area (Å²) in [5.74, 6) is 0. The zero-order valence-electron chi connectivity index (χ0n) is 12.3. The van der Waals surface area contributed by atoms with Gasteiger partial charge in [-0.2, -0.15) is 13.2 Å². The Kier molecular flexibility index (Phi) is 5.15. The predicted molar refractivity (Wildman–Crippen MR) is 76.8 cm³/mol. The summed E-state index contributed by atoms with van der Waals surface area (Å²) >= 11 is 0. The van der Waals surface area contributed by atoms with Crippen molar-refractivity contribution in [3.8, 4) is 0 Å². The third kappa shape index (κ3) is 4.05. The lowest BCUT2D eigenvalue weighted by Gasteiger charge is -2.34. The number of halogens is 3. The minimum Gasteiger partial charge on any atom is -0.446 e. The molecule has 0 atom stereocenters. The molecule has 2 rings (SSSR count). The lowest BCUT2D eigenvalue weighted by Crippen LogP contribution is -2.40. The average Bonchev–Trinajstić information content (AvgIpc) is 2.47. The number of nitrogens with one attached hydrogen (secondary N) is 1. The Hall–Kier alpha value is -1.92. The summed E-state index contributed by atoms with van der Waals surface area (Å²) in [7, 11) is 0. The predicted octanol–water partition coefficient (Wildman–Crippen LogP) is 3.42. The van der Waals surface area contributed by atoms with Gasteiger partial charge in [0.05, 0.1) is 5.56 Å². The lowest BCUT2D eigenvalue weighted by molar-refractivity contribution is -0.137. The second-order valence-corrected chi connectivity index (χ2v) is 5.14. The monoisotopic (exact) mass is 316 g/mol. The molecule has 22 heavy (non-hydrogen) atoms. The van der Waals surface area contributed by atoms with Gasteiger partial charge in [-0.15, -0.1) is 0 Å². The van der Waals surface area contributed by atoms with Crippen molar-refractivity contribution in [1.82, 2.24) is 5.32 Å². The van der Waals surface area contributed by atoms with Gasteiger partial charge in [0.15, 0.2) is 0 Å². The van der Waals surface area contributed by atoms with E-state index in [0.29, 0.717) is 32.5 Å². The number of piperidine rings is 1. The van der Waals surface area contributed by atoms with E-state index >= 15 is 0 Å². The van der Waals surface area contributed by atoms with Crippen LogP contribution in [0.5, 0.6) is 0 Å². The van der Waals surface area contributed by atoms with Gasteiger partial charge >= 0.3 is 12.3 Å². The van der Waals surface area contributed by atoms with Crippen LogP contribution in [0.2, 0.25) is 0 Å². The molecule has 1 aromatic carbocycles. The van der Waals surface area contributed by atoms with Crippen molar-refractivity contribution in [1.29, 1.82) is 0 Å². The number of carbonyl (C=O) groups excluding carboxylic acids is 1. The van der Waals surface area contributed by atoms with Crippen LogP contribution in [0.3, 0.4) is 0 Å². The first-order valence-electron chi connectivity index (χ1n) is 7.27. The molecule has 1 aliphatic heterocycles. The standard InChI is InChI=1S/C15H19F3N2O2/c1-2-19-14(21)22-11-7-9-20(10-8-11)13-6-4-3-5-12(13)15(16,17)18/h3-6,11H,2,7-10H2,1H3,(H,19,21). The summed E-state index contributed by atoms with van der Waals surface area (Å²) in [6.07, 6.45) is -4.06. The van der Waals surface area contributed by atoms with Crippen LogP contribution >= 0.6 is 0 Å². The highest BCUT2D eigenvalue weighted by molar-refractivity contribution is 5.67. The molecule has 0 aromatic heterocycles. The molecule has 0 radical (unpaired) electrons. The van der Waals surface area contributed by atoms with E-state index in [4.69, 9.17) is 4.74 Å². The number of amides is 1. The first-order valence-corrected chi connectivity index (χ1v) is 7.27. The molecule has 0 saturated carbocycles. The van der Waals surface area contributed by atoms with Crippen LogP contribution in [-0.2, 0) is 10.9 Å². The fraction of sp³-hybridized carbons (Fsp3) is 0.533. The number of benzene rings is 1. The molecule has 4 nitrogen and oxygen atoms in total. The first-order chi connectivity index (χ1) is 10.4. The number of nitrogens with zero attached hydrogens (tertiary/aromatic N) is 1. The molecule has 122 valence electrons. The molecule has 0 bridgehead atoms. The number of rotatable bonds is 3. The molecular weight excluding hydrogens is 297 g/mol. The molecule has 1 fully saturated rings. The minimum atomic E-state index is -4.37. The number of anilines is 1. The van der Waals surface area contributed by atoms with E-state index in [0.717, 1.165) is 6.07 Å². The summed E-state index contributed by atoms with van der Waals surface area (Å²) in [5.41, 5.74) is -0.440. The molecule has 1 aliphatic rings. The highest BCUT2D eigenvalue weighted by atomic mass is 19.4. The number of hydrogen-bond donors (Lipinski definition) is 1. The molecule has 1 heterocycles. The Morgan fingerprint density at radius 1 is 1.32 bits per heavy atom. The first kappa shape index (κ1) is 16.5. The van der Waals surface area contributed by atoms with Crippen LogP contribution in [-0.4, -0.2) is 31.8 Å². The third-order valence-corrected chi connectivity index (χ3v) is 3.59. The highest BCUT2D eigenvalue weighted by Crippen LogP contribution is 2.37. The molecule has 1 N–H and O–H groups in total. The fourth-order valence-electron chi connectivity index (χ4n) is 2.54. The molecule has 0 unspecified atom stereocenters. The quantitative estimate of drug-likeness (QED) is 0.929. The SMILES string of the molecule is CCNC(=O)OC1CCN(c2ccccc2C(F)(F)F)CC1. The van der Waals surface area contributed by atoms with Crippen molar-refractivity contribution >= 4 is 11.8 Å². The van der Waals surface area contributed by atoms with Crippen LogP contribution in [0.15, 0.2) is 24.3 Å². The van der Waals surface area contributed by atoms with Gasteiger partial charge in [0.1, 0.15) is 6.10 Å². The van der Waals surface area contributed by atoms with Crippen LogP contribution in [0, 0.1) is 0 Å². The van der Waals surface area contributed by atoms with Gasteiger partial charge in [0.25, 0.3) is 0 Å². The van der Waals surface area contributed by atoms with E-state index in [1.54, 1.807) is 17.9 Å². The van der Waals surface area contributed by atoms with E-state index in [1.165, 1.54) is 12.1 Å². The van der Waals surface area contributed by atoms with E-state index in [1.807, 2.05) is 0 Å². The zero-order valence-corrected chi connectivity index (χ0v) is 12.3. The van der Waals surface area contributed by atoms with Crippen molar-refractivity contribution in [3.63, 3.8) is 0 Å². The summed E-state index contributed by atoms with van der Waals surface area (Å²) in [6, 6.07) is 5.56. The Morgan fingerprint density at radius 3 is 2.55 bits per heavy atom. The van der Waals surface area contributed by atoms with Gasteiger partial charge in [0.2, 0.25) is 0 Å². The van der Waals surface area contributed by atoms with Gasteiger partial charge in [-0.1, -0.05) is 12.1 Å². The maximum atomic E-state index is 13.0. The van der Waals surface area contributed by atoms with Gasteiger partial charge in [-0.3, -0.25) is 0 Å². The zero-order chi connectivity index (χ0) is 16.2. The molecule has 1 saturated heterocycles. The number of hydrogen-bond acceptors (Lipinski definition) is 3. The molecular formula is C15H19F3N2O2. The van der Waals surface area contributed by atoms with Gasteiger partial charge in [-0.25, -0.2) is 4.79 Å². The van der Waals surface area contributed by atoms with Gasteiger partial charge in [0, 0.05) is 38.2 Å². The molecule has 0 aliphatic carbocycles. The van der Waals surface area contributed by atoms with E-state index in [2.05, 4.69) is 5.32 Å². The summed E-state index contributed by atoms with van der Waals surface area (Å²) < 4.78 is 44.3. The van der Waals surface area contributed by atoms with Crippen LogP contribution in [0.1, 0.15) is 25.3 Å². The maximum absolute atomic E-state index is 13.0. The van der Waals surface area contributed by atoms with E-state index in [-0.39, 0.29) is 11.8 Å². The topological polar surface area (TPSA) is 41.6 Å². The van der Waals surface area contributed by atoms with Crippen molar-refractivity contribution in [3.05, 3.63) is 29.8 Å². The maximum Gasteiger partial charge on any atom is 0.418 e. The normalized spacial score (nSPS) is 16.5. The Labute approximate surface area is 127 Å². The van der Waals surface area contributed by atoms with Crippen LogP contribution < -0.4 is 10.2 Å². The molecule has 1 amide bonds. The smallest absolute Gasteiger partial charge is 0.418 e. The van der Waals surface area contributed by atoms with Crippen LogP contribution in [0.25, 0.3) is 0 Å². The Balaban J connectivity index is 1.99. The molecule has 0 spiro atoms. The van der Waals surface area contributed by atoms with Gasteiger partial charge < -0.3 is 15.0 Å². The van der Waals surface area contributed by atoms with Crippen molar-refractivity contribution in [2.45, 2.75) is 32.0 Å². The molecule has 7 heteroatoms. The minimum absolute atomic E-state index is 0.187. The Bertz CT molecular complexity index is 512. The van der Waals surface area contributed by atoms with E-state index in [9.17, 15) is 18.0 Å². The highest BCUT2D eigenvalue weighted by Gasteiger charge is 2.35. The number of ether oxygens (including phenoxy) is 1. The third-order valence-electron chi connectivity index (χ3n) is 3.59. The summed E-state index contributed by atoms with van der Waals surface area (Å²) in [5, 5.41) is 2.54.